The number of hydrogen-bond donors (Lipinski definition) is 0. The first-order valence-electron chi connectivity index (χ1n) is 4.49. The molecule has 0 radical (unpaired) electrons. The van der Waals surface area contributed by atoms with Gasteiger partial charge in [-0.1, -0.05) is 36.4 Å². The van der Waals surface area contributed by atoms with Crippen LogP contribution in [0.15, 0.2) is 30.8 Å². The molecule has 0 bridgehead atoms. The summed E-state index contributed by atoms with van der Waals surface area (Å²) in [4.78, 5) is 0. The quantitative estimate of drug-likeness (QED) is 0.644. The van der Waals surface area contributed by atoms with Crippen molar-refractivity contribution < 1.29 is 0 Å². The fraction of sp³-hybridized carbons (Fsp3) is 0.273. The van der Waals surface area contributed by atoms with E-state index in [0.717, 1.165) is 5.57 Å². The molecule has 1 aromatic carbocycles. The van der Waals surface area contributed by atoms with E-state index in [-0.39, 0.29) is 9.68 Å². The zero-order valence-corrected chi connectivity index (χ0v) is 10.1. The molecular weight excluding hydrogens is 174 g/mol. The summed E-state index contributed by atoms with van der Waals surface area (Å²) >= 11 is 0. The van der Waals surface area contributed by atoms with Gasteiger partial charge in [-0.2, -0.15) is 0 Å². The minimum absolute atomic E-state index is 0.238. The van der Waals surface area contributed by atoms with Crippen LogP contribution in [0.3, 0.4) is 0 Å². The Labute approximate surface area is 83.0 Å². The van der Waals surface area contributed by atoms with Crippen molar-refractivity contribution in [3.63, 3.8) is 0 Å². The zero-order chi connectivity index (χ0) is 9.84. The average molecular weight is 191 g/mol. The molecule has 0 saturated carbocycles. The molecule has 1 nitrogen and oxygen atoms in total. The molecule has 0 heterocycles. The molecule has 13 heavy (non-hydrogen) atoms. The Bertz CT molecular complexity index is 305. The van der Waals surface area contributed by atoms with Gasteiger partial charge >= 0.3 is 0 Å². The lowest BCUT2D eigenvalue weighted by Crippen LogP contribution is -2.29. The fourth-order valence-electron chi connectivity index (χ4n) is 1.30. The lowest BCUT2D eigenvalue weighted by atomic mass is 10.1. The topological polar surface area (TPSA) is 3.24 Å². The molecule has 0 aliphatic carbocycles. The van der Waals surface area contributed by atoms with Gasteiger partial charge in [-0.25, -0.2) is 0 Å². The van der Waals surface area contributed by atoms with Crippen LogP contribution in [0, 0.1) is 0 Å². The Balaban J connectivity index is 2.85. The highest BCUT2D eigenvalue weighted by atomic mass is 28.2. The lowest BCUT2D eigenvalue weighted by molar-refractivity contribution is 0.669. The van der Waals surface area contributed by atoms with E-state index >= 15 is 0 Å². The van der Waals surface area contributed by atoms with Gasteiger partial charge < -0.3 is 4.57 Å². The molecule has 0 spiro atoms. The Morgan fingerprint density at radius 2 is 2.08 bits per heavy atom. The Morgan fingerprint density at radius 1 is 1.38 bits per heavy atom. The van der Waals surface area contributed by atoms with Crippen molar-refractivity contribution in [3.8, 4) is 0 Å². The molecule has 0 unspecified atom stereocenters. The number of nitrogens with zero attached hydrogens (tertiary/aromatic N) is 1. The summed E-state index contributed by atoms with van der Waals surface area (Å²) in [5.74, 6) is 0. The molecule has 0 fully saturated rings. The fourth-order valence-corrected chi connectivity index (χ4v) is 2.58. The van der Waals surface area contributed by atoms with Crippen LogP contribution in [0.4, 0.5) is 0 Å². The predicted molar refractivity (Wildman–Crippen MR) is 63.0 cm³/mol. The van der Waals surface area contributed by atoms with Crippen LogP contribution >= 0.6 is 0 Å². The van der Waals surface area contributed by atoms with Gasteiger partial charge in [0.15, 0.2) is 0 Å². The maximum absolute atomic E-state index is 3.95. The van der Waals surface area contributed by atoms with Crippen molar-refractivity contribution in [2.75, 3.05) is 14.1 Å². The summed E-state index contributed by atoms with van der Waals surface area (Å²) in [7, 11) is 4.04. The van der Waals surface area contributed by atoms with E-state index in [1.165, 1.54) is 10.8 Å². The van der Waals surface area contributed by atoms with E-state index in [0.29, 0.717) is 0 Å². The van der Waals surface area contributed by atoms with E-state index in [2.05, 4.69) is 56.4 Å². The highest BCUT2D eigenvalue weighted by Gasteiger charge is 1.98. The van der Waals surface area contributed by atoms with Crippen molar-refractivity contribution in [1.29, 1.82) is 0 Å². The summed E-state index contributed by atoms with van der Waals surface area (Å²) in [6, 6.07) is 8.71. The van der Waals surface area contributed by atoms with E-state index in [1.54, 1.807) is 0 Å². The van der Waals surface area contributed by atoms with Crippen LogP contribution in [-0.4, -0.2) is 28.3 Å². The van der Waals surface area contributed by atoms with E-state index in [9.17, 15) is 0 Å². The Hall–Kier alpha value is -0.863. The van der Waals surface area contributed by atoms with E-state index < -0.39 is 0 Å². The Morgan fingerprint density at radius 3 is 2.62 bits per heavy atom. The number of benzene rings is 1. The van der Waals surface area contributed by atoms with Crippen LogP contribution in [0.25, 0.3) is 5.57 Å². The summed E-state index contributed by atoms with van der Waals surface area (Å²) in [5, 5.41) is 1.48. The van der Waals surface area contributed by atoms with Gasteiger partial charge in [-0.3, -0.25) is 0 Å². The molecule has 70 valence electrons. The molecule has 1 rings (SSSR count). The maximum atomic E-state index is 3.95. The average Bonchev–Trinajstić information content (AvgIpc) is 2.03. The zero-order valence-electron chi connectivity index (χ0n) is 8.67. The van der Waals surface area contributed by atoms with Gasteiger partial charge in [-0.15, -0.1) is 0 Å². The lowest BCUT2D eigenvalue weighted by Gasteiger charge is -2.09. The molecule has 0 aliphatic rings. The minimum Gasteiger partial charge on any atom is -0.330 e. The third kappa shape index (κ3) is 3.17. The van der Waals surface area contributed by atoms with Crippen molar-refractivity contribution in [2.24, 2.45) is 0 Å². The third-order valence-corrected chi connectivity index (χ3v) is 3.36. The van der Waals surface area contributed by atoms with Crippen molar-refractivity contribution >= 4 is 20.4 Å². The van der Waals surface area contributed by atoms with Crippen LogP contribution < -0.4 is 5.19 Å². The second-order valence-corrected chi connectivity index (χ2v) is 6.12. The molecule has 0 amide bonds. The van der Waals surface area contributed by atoms with Crippen LogP contribution in [-0.2, 0) is 0 Å². The SMILES string of the molecule is C=C(C)c1cccc([SiH2]N(C)C)c1. The van der Waals surface area contributed by atoms with Gasteiger partial charge in [0.25, 0.3) is 0 Å². The normalized spacial score (nSPS) is 11.4. The largest absolute Gasteiger partial charge is 0.330 e. The molecule has 1 aromatic rings. The summed E-state index contributed by atoms with van der Waals surface area (Å²) in [5.41, 5.74) is 2.42. The maximum Gasteiger partial charge on any atom is 0.126 e. The highest BCUT2D eigenvalue weighted by Crippen LogP contribution is 2.08. The van der Waals surface area contributed by atoms with E-state index in [4.69, 9.17) is 0 Å². The molecule has 0 aromatic heterocycles. The smallest absolute Gasteiger partial charge is 0.126 e. The summed E-state index contributed by atoms with van der Waals surface area (Å²) in [6.45, 7) is 6.00. The van der Waals surface area contributed by atoms with Crippen LogP contribution in [0.2, 0.25) is 0 Å². The molecule has 0 atom stereocenters. The van der Waals surface area contributed by atoms with Gasteiger partial charge in [0.05, 0.1) is 0 Å². The second-order valence-electron chi connectivity index (χ2n) is 3.72. The van der Waals surface area contributed by atoms with Gasteiger partial charge in [0.1, 0.15) is 9.68 Å². The third-order valence-electron chi connectivity index (χ3n) is 1.92. The van der Waals surface area contributed by atoms with E-state index in [1.807, 2.05) is 0 Å². The predicted octanol–water partition coefficient (Wildman–Crippen LogP) is 0.990. The van der Waals surface area contributed by atoms with Gasteiger partial charge in [0, 0.05) is 0 Å². The molecule has 2 heteroatoms. The van der Waals surface area contributed by atoms with Crippen molar-refractivity contribution in [2.45, 2.75) is 6.92 Å². The summed E-state index contributed by atoms with van der Waals surface area (Å²) < 4.78 is 2.30. The van der Waals surface area contributed by atoms with Gasteiger partial charge in [-0.05, 0) is 31.8 Å². The molecule has 0 N–H and O–H groups in total. The molecule has 0 saturated heterocycles. The first-order valence-corrected chi connectivity index (χ1v) is 5.83. The number of hydrogen-bond acceptors (Lipinski definition) is 1. The number of allylic oxidation sites excluding steroid dienone is 1. The standard InChI is InChI=1S/C11H17NSi/c1-9(2)10-6-5-7-11(8-10)13-12(3)4/h5-8H,1,13H2,2-4H3. The molecular formula is C11H17NSi. The van der Waals surface area contributed by atoms with Crippen LogP contribution in [0.5, 0.6) is 0 Å². The van der Waals surface area contributed by atoms with Crippen molar-refractivity contribution in [3.05, 3.63) is 36.4 Å². The van der Waals surface area contributed by atoms with Crippen LogP contribution in [0.1, 0.15) is 12.5 Å². The number of rotatable bonds is 3. The second kappa shape index (κ2) is 4.39. The first kappa shape index (κ1) is 10.2. The minimum atomic E-state index is -0.238. The first-order chi connectivity index (χ1) is 6.09. The monoisotopic (exact) mass is 191 g/mol. The van der Waals surface area contributed by atoms with Crippen molar-refractivity contribution in [1.82, 2.24) is 4.57 Å². The summed E-state index contributed by atoms with van der Waals surface area (Å²) in [6.07, 6.45) is 0. The molecule has 0 aliphatic heterocycles. The van der Waals surface area contributed by atoms with Gasteiger partial charge in [0.2, 0.25) is 0 Å². The Kier molecular flexibility index (Phi) is 3.45. The highest BCUT2D eigenvalue weighted by molar-refractivity contribution is 6.50.